The molecule has 1 rings (SSSR count). The van der Waals surface area contributed by atoms with Crippen LogP contribution < -0.4 is 4.74 Å². The SMILES string of the molecule is CCCCC(O)COc1ccc([N+](=O)[O-])cc1. The van der Waals surface area contributed by atoms with E-state index >= 15 is 0 Å². The van der Waals surface area contributed by atoms with Crippen LogP contribution in [0.25, 0.3) is 0 Å². The van der Waals surface area contributed by atoms with Crippen LogP contribution in [0.5, 0.6) is 5.75 Å². The van der Waals surface area contributed by atoms with Crippen LogP contribution in [0.1, 0.15) is 26.2 Å². The third-order valence-electron chi connectivity index (χ3n) is 2.38. The van der Waals surface area contributed by atoms with Gasteiger partial charge in [-0.1, -0.05) is 19.8 Å². The van der Waals surface area contributed by atoms with Gasteiger partial charge in [-0.05, 0) is 18.6 Å². The number of unbranched alkanes of at least 4 members (excludes halogenated alkanes) is 1. The van der Waals surface area contributed by atoms with Crippen molar-refractivity contribution in [2.24, 2.45) is 0 Å². The lowest BCUT2D eigenvalue weighted by Gasteiger charge is -2.11. The predicted molar refractivity (Wildman–Crippen MR) is 64.1 cm³/mol. The van der Waals surface area contributed by atoms with Gasteiger partial charge in [-0.15, -0.1) is 0 Å². The van der Waals surface area contributed by atoms with Gasteiger partial charge >= 0.3 is 0 Å². The smallest absolute Gasteiger partial charge is 0.269 e. The van der Waals surface area contributed by atoms with Gasteiger partial charge in [0, 0.05) is 12.1 Å². The van der Waals surface area contributed by atoms with Crippen molar-refractivity contribution in [2.45, 2.75) is 32.3 Å². The molecular formula is C12H17NO4. The number of rotatable bonds is 7. The van der Waals surface area contributed by atoms with Crippen molar-refractivity contribution in [3.05, 3.63) is 34.4 Å². The van der Waals surface area contributed by atoms with E-state index in [1.807, 2.05) is 0 Å². The van der Waals surface area contributed by atoms with Crippen molar-refractivity contribution in [2.75, 3.05) is 6.61 Å². The first-order valence-electron chi connectivity index (χ1n) is 5.68. The highest BCUT2D eigenvalue weighted by atomic mass is 16.6. The van der Waals surface area contributed by atoms with Gasteiger partial charge in [0.2, 0.25) is 0 Å². The maximum Gasteiger partial charge on any atom is 0.269 e. The number of nitro groups is 1. The van der Waals surface area contributed by atoms with Crippen LogP contribution >= 0.6 is 0 Å². The molecule has 0 radical (unpaired) electrons. The second kappa shape index (κ2) is 6.85. The molecule has 1 aromatic rings. The Labute approximate surface area is 100 Å². The van der Waals surface area contributed by atoms with Crippen LogP contribution in [0.3, 0.4) is 0 Å². The zero-order chi connectivity index (χ0) is 12.7. The molecule has 0 amide bonds. The zero-order valence-corrected chi connectivity index (χ0v) is 9.83. The average molecular weight is 239 g/mol. The summed E-state index contributed by atoms with van der Waals surface area (Å²) in [4.78, 5) is 9.96. The molecule has 1 atom stereocenters. The van der Waals surface area contributed by atoms with Crippen molar-refractivity contribution < 1.29 is 14.8 Å². The first-order chi connectivity index (χ1) is 8.13. The molecule has 0 aromatic heterocycles. The van der Waals surface area contributed by atoms with Crippen molar-refractivity contribution in [3.63, 3.8) is 0 Å². The summed E-state index contributed by atoms with van der Waals surface area (Å²) in [6, 6.07) is 5.83. The Kier molecular flexibility index (Phi) is 5.42. The highest BCUT2D eigenvalue weighted by Gasteiger charge is 2.07. The number of benzene rings is 1. The van der Waals surface area contributed by atoms with Gasteiger partial charge in [-0.25, -0.2) is 0 Å². The molecule has 94 valence electrons. The number of ether oxygens (including phenoxy) is 1. The molecule has 1 aromatic carbocycles. The fourth-order valence-corrected chi connectivity index (χ4v) is 1.38. The maximum atomic E-state index is 10.4. The molecule has 5 nitrogen and oxygen atoms in total. The topological polar surface area (TPSA) is 72.6 Å². The van der Waals surface area contributed by atoms with Crippen molar-refractivity contribution in [3.8, 4) is 5.75 Å². The van der Waals surface area contributed by atoms with E-state index in [-0.39, 0.29) is 12.3 Å². The quantitative estimate of drug-likeness (QED) is 0.586. The second-order valence-corrected chi connectivity index (χ2v) is 3.86. The molecule has 0 aliphatic carbocycles. The van der Waals surface area contributed by atoms with E-state index in [4.69, 9.17) is 4.74 Å². The molecule has 0 aliphatic rings. The van der Waals surface area contributed by atoms with Crippen LogP contribution in [-0.4, -0.2) is 22.7 Å². The van der Waals surface area contributed by atoms with E-state index in [9.17, 15) is 15.2 Å². The molecule has 0 saturated carbocycles. The van der Waals surface area contributed by atoms with Crippen molar-refractivity contribution in [1.82, 2.24) is 0 Å². The Morgan fingerprint density at radius 2 is 2.06 bits per heavy atom. The van der Waals surface area contributed by atoms with Crippen molar-refractivity contribution in [1.29, 1.82) is 0 Å². The molecule has 0 aliphatic heterocycles. The second-order valence-electron chi connectivity index (χ2n) is 3.86. The van der Waals surface area contributed by atoms with E-state index in [0.717, 1.165) is 12.8 Å². The minimum atomic E-state index is -0.481. The van der Waals surface area contributed by atoms with Gasteiger partial charge in [-0.2, -0.15) is 0 Å². The molecular weight excluding hydrogens is 222 g/mol. The number of aliphatic hydroxyl groups excluding tert-OH is 1. The third kappa shape index (κ3) is 4.82. The Balaban J connectivity index is 2.39. The summed E-state index contributed by atoms with van der Waals surface area (Å²) in [5.41, 5.74) is 0.0314. The molecule has 1 N–H and O–H groups in total. The largest absolute Gasteiger partial charge is 0.491 e. The number of hydrogen-bond acceptors (Lipinski definition) is 4. The van der Waals surface area contributed by atoms with Crippen LogP contribution in [0.2, 0.25) is 0 Å². The highest BCUT2D eigenvalue weighted by molar-refractivity contribution is 5.35. The normalized spacial score (nSPS) is 12.1. The van der Waals surface area contributed by atoms with Gasteiger partial charge in [0.05, 0.1) is 11.0 Å². The molecule has 1 unspecified atom stereocenters. The predicted octanol–water partition coefficient (Wildman–Crippen LogP) is 2.52. The summed E-state index contributed by atoms with van der Waals surface area (Å²) < 4.78 is 5.33. The first kappa shape index (κ1) is 13.4. The summed E-state index contributed by atoms with van der Waals surface area (Å²) in [5, 5.41) is 20.0. The maximum absolute atomic E-state index is 10.4. The van der Waals surface area contributed by atoms with Gasteiger partial charge in [0.15, 0.2) is 0 Å². The van der Waals surface area contributed by atoms with E-state index in [1.165, 1.54) is 24.3 Å². The fourth-order valence-electron chi connectivity index (χ4n) is 1.38. The van der Waals surface area contributed by atoms with Gasteiger partial charge in [-0.3, -0.25) is 10.1 Å². The molecule has 17 heavy (non-hydrogen) atoms. The first-order valence-corrected chi connectivity index (χ1v) is 5.68. The van der Waals surface area contributed by atoms with Crippen LogP contribution in [-0.2, 0) is 0 Å². The Hall–Kier alpha value is -1.62. The molecule has 0 spiro atoms. The lowest BCUT2D eigenvalue weighted by Crippen LogP contribution is -2.17. The Morgan fingerprint density at radius 1 is 1.41 bits per heavy atom. The molecule has 0 bridgehead atoms. The van der Waals surface area contributed by atoms with E-state index in [2.05, 4.69) is 6.92 Å². The van der Waals surface area contributed by atoms with E-state index < -0.39 is 11.0 Å². The van der Waals surface area contributed by atoms with Gasteiger partial charge in [0.1, 0.15) is 12.4 Å². The monoisotopic (exact) mass is 239 g/mol. The number of nitro benzene ring substituents is 1. The van der Waals surface area contributed by atoms with Crippen LogP contribution in [0.4, 0.5) is 5.69 Å². The van der Waals surface area contributed by atoms with Crippen molar-refractivity contribution >= 4 is 5.69 Å². The lowest BCUT2D eigenvalue weighted by molar-refractivity contribution is -0.384. The summed E-state index contributed by atoms with van der Waals surface area (Å²) in [5.74, 6) is 0.533. The highest BCUT2D eigenvalue weighted by Crippen LogP contribution is 2.17. The minimum absolute atomic E-state index is 0.0314. The van der Waals surface area contributed by atoms with E-state index in [0.29, 0.717) is 12.2 Å². The fraction of sp³-hybridized carbons (Fsp3) is 0.500. The average Bonchev–Trinajstić information content (AvgIpc) is 2.34. The number of nitrogens with zero attached hydrogens (tertiary/aromatic N) is 1. The Morgan fingerprint density at radius 3 is 2.59 bits per heavy atom. The van der Waals surface area contributed by atoms with Crippen LogP contribution in [0.15, 0.2) is 24.3 Å². The van der Waals surface area contributed by atoms with Gasteiger partial charge in [0.25, 0.3) is 5.69 Å². The summed E-state index contributed by atoms with van der Waals surface area (Å²) in [7, 11) is 0. The number of non-ortho nitro benzene ring substituents is 1. The standard InChI is InChI=1S/C12H17NO4/c1-2-3-4-11(14)9-17-12-7-5-10(6-8-12)13(15)16/h5-8,11,14H,2-4,9H2,1H3. The zero-order valence-electron chi connectivity index (χ0n) is 9.83. The number of hydrogen-bond donors (Lipinski definition) is 1. The molecule has 5 heteroatoms. The summed E-state index contributed by atoms with van der Waals surface area (Å²) >= 11 is 0. The van der Waals surface area contributed by atoms with E-state index in [1.54, 1.807) is 0 Å². The molecule has 0 heterocycles. The third-order valence-corrected chi connectivity index (χ3v) is 2.38. The Bertz CT molecular complexity index is 350. The van der Waals surface area contributed by atoms with Gasteiger partial charge < -0.3 is 9.84 Å². The van der Waals surface area contributed by atoms with Crippen LogP contribution in [0, 0.1) is 10.1 Å². The summed E-state index contributed by atoms with van der Waals surface area (Å²) in [6.07, 6.45) is 2.23. The molecule has 0 fully saturated rings. The minimum Gasteiger partial charge on any atom is -0.491 e. The lowest BCUT2D eigenvalue weighted by atomic mass is 10.2. The molecule has 0 saturated heterocycles. The number of aliphatic hydroxyl groups is 1. The summed E-state index contributed by atoms with van der Waals surface area (Å²) in [6.45, 7) is 2.28.